The summed E-state index contributed by atoms with van der Waals surface area (Å²) >= 11 is 1.82. The molecule has 0 bridgehead atoms. The summed E-state index contributed by atoms with van der Waals surface area (Å²) in [6.45, 7) is 13.6. The highest BCUT2D eigenvalue weighted by Crippen LogP contribution is 2.36. The Morgan fingerprint density at radius 1 is 0.939 bits per heavy atom. The largest absolute Gasteiger partial charge is 0.493 e. The fraction of sp³-hybridized carbons (Fsp3) is 0.538. The number of hydrogen-bond donors (Lipinski definition) is 0. The molecule has 0 spiro atoms. The second kappa shape index (κ2) is 8.85. The SMILES string of the molecule is Cc1sc2nc(CN3CCCC3)nc(N3CCN(Cc4ccc5c(c4)CCO5)CC3)c2c1C. The van der Waals surface area contributed by atoms with Crippen molar-refractivity contribution in [2.75, 3.05) is 50.8 Å². The Bertz CT molecular complexity index is 1160. The van der Waals surface area contributed by atoms with Crippen LogP contribution in [0.4, 0.5) is 5.82 Å². The number of benzene rings is 1. The molecular formula is C26H33N5OS. The number of aryl methyl sites for hydroxylation is 2. The second-order valence-corrected chi connectivity index (χ2v) is 10.9. The predicted molar refractivity (Wildman–Crippen MR) is 135 cm³/mol. The van der Waals surface area contributed by atoms with Crippen LogP contribution in [0.2, 0.25) is 0 Å². The summed E-state index contributed by atoms with van der Waals surface area (Å²) in [5.41, 5.74) is 4.11. The summed E-state index contributed by atoms with van der Waals surface area (Å²) in [5.74, 6) is 3.22. The molecular weight excluding hydrogens is 430 g/mol. The summed E-state index contributed by atoms with van der Waals surface area (Å²) in [6.07, 6.45) is 3.64. The average Bonchev–Trinajstić information content (AvgIpc) is 3.55. The quantitative estimate of drug-likeness (QED) is 0.566. The normalized spacial score (nSPS) is 19.4. The third kappa shape index (κ3) is 4.22. The number of nitrogens with zero attached hydrogens (tertiary/aromatic N) is 5. The lowest BCUT2D eigenvalue weighted by Gasteiger charge is -2.36. The van der Waals surface area contributed by atoms with Gasteiger partial charge in [-0.15, -0.1) is 11.3 Å². The number of aromatic nitrogens is 2. The van der Waals surface area contributed by atoms with Crippen LogP contribution in [0.5, 0.6) is 5.75 Å². The van der Waals surface area contributed by atoms with Crippen LogP contribution in [0.3, 0.4) is 0 Å². The van der Waals surface area contributed by atoms with E-state index in [0.717, 1.165) is 74.5 Å². The zero-order valence-corrected chi connectivity index (χ0v) is 20.6. The summed E-state index contributed by atoms with van der Waals surface area (Å²) in [7, 11) is 0. The van der Waals surface area contributed by atoms with Gasteiger partial charge >= 0.3 is 0 Å². The molecule has 3 aromatic rings. The van der Waals surface area contributed by atoms with Crippen LogP contribution < -0.4 is 9.64 Å². The van der Waals surface area contributed by atoms with E-state index in [1.165, 1.54) is 52.9 Å². The molecule has 3 aliphatic rings. The van der Waals surface area contributed by atoms with E-state index in [2.05, 4.69) is 46.7 Å². The summed E-state index contributed by atoms with van der Waals surface area (Å²) in [5, 5.41) is 1.27. The fourth-order valence-corrected chi connectivity index (χ4v) is 6.47. The number of likely N-dealkylation sites (tertiary alicyclic amines) is 1. The van der Waals surface area contributed by atoms with E-state index >= 15 is 0 Å². The fourth-order valence-electron chi connectivity index (χ4n) is 5.43. The van der Waals surface area contributed by atoms with Gasteiger partial charge in [-0.05, 0) is 62.5 Å². The Morgan fingerprint density at radius 3 is 2.55 bits per heavy atom. The highest BCUT2D eigenvalue weighted by Gasteiger charge is 2.24. The maximum atomic E-state index is 5.67. The molecule has 0 radical (unpaired) electrons. The molecule has 0 atom stereocenters. The molecule has 0 N–H and O–H groups in total. The van der Waals surface area contributed by atoms with Crippen molar-refractivity contribution in [3.05, 3.63) is 45.6 Å². The summed E-state index contributed by atoms with van der Waals surface area (Å²) < 4.78 is 5.67. The third-order valence-corrected chi connectivity index (χ3v) is 8.55. The zero-order chi connectivity index (χ0) is 22.4. The van der Waals surface area contributed by atoms with Crippen molar-refractivity contribution in [2.45, 2.75) is 46.2 Å². The number of ether oxygens (including phenoxy) is 1. The standard InChI is InChI=1S/C26H33N5OS/c1-18-19(2)33-26-24(18)25(27-23(28-26)17-29-8-3-4-9-29)31-12-10-30(11-13-31)16-20-5-6-22-21(15-20)7-14-32-22/h5-6,15H,3-4,7-14,16-17H2,1-2H3. The Morgan fingerprint density at radius 2 is 1.73 bits per heavy atom. The monoisotopic (exact) mass is 463 g/mol. The van der Waals surface area contributed by atoms with Crippen LogP contribution in [0.25, 0.3) is 10.2 Å². The second-order valence-electron chi connectivity index (χ2n) is 9.71. The van der Waals surface area contributed by atoms with Crippen LogP contribution in [-0.4, -0.2) is 65.6 Å². The number of rotatable bonds is 5. The van der Waals surface area contributed by atoms with E-state index in [-0.39, 0.29) is 0 Å². The molecule has 7 heteroatoms. The minimum absolute atomic E-state index is 0.825. The smallest absolute Gasteiger partial charge is 0.146 e. The molecule has 2 fully saturated rings. The first-order valence-electron chi connectivity index (χ1n) is 12.3. The van der Waals surface area contributed by atoms with Crippen molar-refractivity contribution in [1.29, 1.82) is 0 Å². The molecule has 1 aromatic carbocycles. The van der Waals surface area contributed by atoms with Gasteiger partial charge in [-0.25, -0.2) is 9.97 Å². The van der Waals surface area contributed by atoms with E-state index in [4.69, 9.17) is 14.7 Å². The van der Waals surface area contributed by atoms with Gasteiger partial charge in [0.05, 0.1) is 18.5 Å². The molecule has 33 heavy (non-hydrogen) atoms. The number of piperazine rings is 1. The first kappa shape index (κ1) is 21.3. The maximum absolute atomic E-state index is 5.67. The van der Waals surface area contributed by atoms with E-state index in [9.17, 15) is 0 Å². The minimum Gasteiger partial charge on any atom is -0.493 e. The van der Waals surface area contributed by atoms with Gasteiger partial charge < -0.3 is 9.64 Å². The van der Waals surface area contributed by atoms with Crippen LogP contribution in [0.1, 0.15) is 40.2 Å². The maximum Gasteiger partial charge on any atom is 0.146 e. The molecule has 2 saturated heterocycles. The third-order valence-electron chi connectivity index (χ3n) is 7.45. The molecule has 0 unspecified atom stereocenters. The Kier molecular flexibility index (Phi) is 5.72. The van der Waals surface area contributed by atoms with Gasteiger partial charge in [-0.1, -0.05) is 12.1 Å². The van der Waals surface area contributed by atoms with Crippen molar-refractivity contribution >= 4 is 27.4 Å². The van der Waals surface area contributed by atoms with Crippen LogP contribution in [0, 0.1) is 13.8 Å². The van der Waals surface area contributed by atoms with Crippen LogP contribution in [0.15, 0.2) is 18.2 Å². The molecule has 5 heterocycles. The zero-order valence-electron chi connectivity index (χ0n) is 19.8. The van der Waals surface area contributed by atoms with Gasteiger partial charge in [-0.2, -0.15) is 0 Å². The highest BCUT2D eigenvalue weighted by molar-refractivity contribution is 7.18. The van der Waals surface area contributed by atoms with Gasteiger partial charge in [0.1, 0.15) is 22.2 Å². The average molecular weight is 464 g/mol. The van der Waals surface area contributed by atoms with E-state index < -0.39 is 0 Å². The number of thiophene rings is 1. The topological polar surface area (TPSA) is 44.7 Å². The van der Waals surface area contributed by atoms with Crippen molar-refractivity contribution in [3.8, 4) is 5.75 Å². The Hall–Kier alpha value is -2.22. The molecule has 0 amide bonds. The molecule has 0 saturated carbocycles. The first-order valence-corrected chi connectivity index (χ1v) is 13.2. The minimum atomic E-state index is 0.825. The van der Waals surface area contributed by atoms with E-state index in [1.807, 2.05) is 11.3 Å². The lowest BCUT2D eigenvalue weighted by atomic mass is 10.1. The van der Waals surface area contributed by atoms with Crippen molar-refractivity contribution in [3.63, 3.8) is 0 Å². The lowest BCUT2D eigenvalue weighted by molar-refractivity contribution is 0.249. The number of anilines is 1. The van der Waals surface area contributed by atoms with E-state index in [0.29, 0.717) is 0 Å². The predicted octanol–water partition coefficient (Wildman–Crippen LogP) is 4.16. The molecule has 174 valence electrons. The number of hydrogen-bond acceptors (Lipinski definition) is 7. The van der Waals surface area contributed by atoms with Crippen molar-refractivity contribution in [2.24, 2.45) is 0 Å². The molecule has 2 aromatic heterocycles. The highest BCUT2D eigenvalue weighted by atomic mass is 32.1. The van der Waals surface area contributed by atoms with Gasteiger partial charge in [-0.3, -0.25) is 9.80 Å². The Labute approximate surface area is 200 Å². The molecule has 6 rings (SSSR count). The van der Waals surface area contributed by atoms with Crippen LogP contribution in [-0.2, 0) is 19.5 Å². The van der Waals surface area contributed by atoms with E-state index in [1.54, 1.807) is 0 Å². The summed E-state index contributed by atoms with van der Waals surface area (Å²) in [6, 6.07) is 6.71. The van der Waals surface area contributed by atoms with Crippen LogP contribution >= 0.6 is 11.3 Å². The van der Waals surface area contributed by atoms with Gasteiger partial charge in [0.25, 0.3) is 0 Å². The van der Waals surface area contributed by atoms with Gasteiger partial charge in [0, 0.05) is 44.0 Å². The molecule has 3 aliphatic heterocycles. The molecule has 0 aliphatic carbocycles. The summed E-state index contributed by atoms with van der Waals surface area (Å²) in [4.78, 5) is 20.2. The lowest BCUT2D eigenvalue weighted by Crippen LogP contribution is -2.46. The number of fused-ring (bicyclic) bond motifs is 2. The molecule has 6 nitrogen and oxygen atoms in total. The van der Waals surface area contributed by atoms with Gasteiger partial charge in [0.2, 0.25) is 0 Å². The Balaban J connectivity index is 1.20. The van der Waals surface area contributed by atoms with Gasteiger partial charge in [0.15, 0.2) is 0 Å². The van der Waals surface area contributed by atoms with Crippen molar-refractivity contribution < 1.29 is 4.74 Å². The van der Waals surface area contributed by atoms with Crippen molar-refractivity contribution in [1.82, 2.24) is 19.8 Å². The first-order chi connectivity index (χ1) is 16.1.